The molecular weight excluding hydrogens is 1100 g/mol. The number of H-pyrrole nitrogens is 1. The molecule has 3 aromatic carbocycles. The Hall–Kier alpha value is -6.38. The van der Waals surface area contributed by atoms with Crippen LogP contribution in [-0.4, -0.2) is 145 Å². The maximum atomic E-state index is 14.5. The number of nitrogen functional groups attached to an aromatic ring is 1. The van der Waals surface area contributed by atoms with E-state index >= 15 is 0 Å². The summed E-state index contributed by atoms with van der Waals surface area (Å²) in [5, 5.41) is 18.5. The second-order valence-electron chi connectivity index (χ2n) is 19.0. The van der Waals surface area contributed by atoms with Crippen LogP contribution in [-0.2, 0) is 54.0 Å². The van der Waals surface area contributed by atoms with Crippen molar-refractivity contribution in [3.8, 4) is 11.5 Å². The van der Waals surface area contributed by atoms with Gasteiger partial charge in [0.2, 0.25) is 17.2 Å². The van der Waals surface area contributed by atoms with Gasteiger partial charge in [0.25, 0.3) is 11.5 Å². The van der Waals surface area contributed by atoms with Crippen molar-refractivity contribution in [2.45, 2.75) is 76.9 Å². The Kier molecular flexibility index (Phi) is 17.0. The van der Waals surface area contributed by atoms with E-state index in [0.717, 1.165) is 107 Å². The van der Waals surface area contributed by atoms with E-state index in [2.05, 4.69) is 81.8 Å². The lowest BCUT2D eigenvalue weighted by Gasteiger charge is -2.33. The van der Waals surface area contributed by atoms with E-state index in [1.54, 1.807) is 11.9 Å². The number of carbonyl (C=O) groups excluding carboxylic acids is 3. The largest absolute Gasteiger partial charge is 0.490 e. The number of alkyl carbamates (subject to hydrolysis) is 1. The van der Waals surface area contributed by atoms with E-state index in [4.69, 9.17) is 34.3 Å². The van der Waals surface area contributed by atoms with Crippen LogP contribution in [0.1, 0.15) is 78.4 Å². The molecule has 1 fully saturated rings. The number of fused-ring (bicyclic) bond motifs is 5. The number of aromatic nitrogens is 4. The summed E-state index contributed by atoms with van der Waals surface area (Å²) in [7, 11) is -15.7. The normalized spacial score (nSPS) is 20.2. The van der Waals surface area contributed by atoms with Crippen LogP contribution in [0.15, 0.2) is 59.7 Å². The molecule has 6 heterocycles. The van der Waals surface area contributed by atoms with Crippen molar-refractivity contribution in [2.75, 3.05) is 70.1 Å². The van der Waals surface area contributed by atoms with Crippen LogP contribution in [0, 0.1) is 0 Å². The summed E-state index contributed by atoms with van der Waals surface area (Å²) in [5.41, 5.74) is 11.2. The zero-order valence-electron chi connectivity index (χ0n) is 43.1. The van der Waals surface area contributed by atoms with Crippen molar-refractivity contribution in [3.63, 3.8) is 0 Å². The fraction of sp³-hybridized carbons (Fsp3) is 0.438. The Morgan fingerprint density at radius 1 is 0.962 bits per heavy atom. The van der Waals surface area contributed by atoms with Crippen molar-refractivity contribution in [1.82, 2.24) is 39.6 Å². The quantitative estimate of drug-likeness (QED) is 0.0298. The number of phosphoric acid groups is 3. The van der Waals surface area contributed by atoms with Gasteiger partial charge in [-0.25, -0.2) is 28.0 Å². The second kappa shape index (κ2) is 23.4. The van der Waals surface area contributed by atoms with Crippen molar-refractivity contribution in [1.29, 1.82) is 0 Å². The lowest BCUT2D eigenvalue weighted by molar-refractivity contribution is -0.121. The molecule has 0 bridgehead atoms. The van der Waals surface area contributed by atoms with Gasteiger partial charge in [-0.2, -0.15) is 13.6 Å². The minimum atomic E-state index is -5.92. The molecule has 28 nitrogen and oxygen atoms in total. The zero-order valence-corrected chi connectivity index (χ0v) is 45.7. The third-order valence-corrected chi connectivity index (χ3v) is 17.6. The van der Waals surface area contributed by atoms with Crippen LogP contribution in [0.4, 0.5) is 16.4 Å². The molecule has 4 aliphatic heterocycles. The number of aryl methyl sites for hydroxylation is 2. The highest BCUT2D eigenvalue weighted by Crippen LogP contribution is 2.66. The topological polar surface area (TPSA) is 382 Å². The average Bonchev–Trinajstić information content (AvgIpc) is 4.08. The number of imidazole rings is 1. The molecule has 2 aromatic heterocycles. The Balaban J connectivity index is 0.828. The van der Waals surface area contributed by atoms with Crippen LogP contribution >= 0.6 is 23.5 Å². The van der Waals surface area contributed by atoms with Gasteiger partial charge in [-0.3, -0.25) is 28.5 Å². The number of carbonyl (C=O) groups is 3. The van der Waals surface area contributed by atoms with Crippen LogP contribution in [0.3, 0.4) is 0 Å². The van der Waals surface area contributed by atoms with Crippen molar-refractivity contribution >= 4 is 69.7 Å². The molecule has 3 amide bonds. The number of hydrogen-bond donors (Lipinski definition) is 9. The van der Waals surface area contributed by atoms with Gasteiger partial charge in [-0.1, -0.05) is 18.2 Å². The lowest BCUT2D eigenvalue weighted by Crippen LogP contribution is -2.42. The average molecular weight is 1160 g/mol. The van der Waals surface area contributed by atoms with Crippen molar-refractivity contribution < 1.29 is 80.1 Å². The van der Waals surface area contributed by atoms with Gasteiger partial charge in [0.1, 0.15) is 36.8 Å². The summed E-state index contributed by atoms with van der Waals surface area (Å²) in [5.74, 6) is 0.490. The van der Waals surface area contributed by atoms with Crippen molar-refractivity contribution in [3.05, 3.63) is 104 Å². The van der Waals surface area contributed by atoms with Crippen LogP contribution in [0.25, 0.3) is 16.7 Å². The Morgan fingerprint density at radius 3 is 2.48 bits per heavy atom. The number of amides is 3. The fourth-order valence-corrected chi connectivity index (χ4v) is 13.3. The molecule has 0 aliphatic carbocycles. The third-order valence-electron chi connectivity index (χ3n) is 13.8. The highest BCUT2D eigenvalue weighted by Gasteiger charge is 2.50. The Labute approximate surface area is 450 Å². The van der Waals surface area contributed by atoms with E-state index in [-0.39, 0.29) is 55.5 Å². The minimum absolute atomic E-state index is 0.0124. The van der Waals surface area contributed by atoms with Gasteiger partial charge >= 0.3 is 29.6 Å². The van der Waals surface area contributed by atoms with E-state index < -0.39 is 72.2 Å². The zero-order chi connectivity index (χ0) is 56.6. The fourth-order valence-electron chi connectivity index (χ4n) is 10.3. The summed E-state index contributed by atoms with van der Waals surface area (Å²) >= 11 is 0. The summed E-state index contributed by atoms with van der Waals surface area (Å²) in [6.07, 6.45) is -2.95. The first-order valence-electron chi connectivity index (χ1n) is 25.3. The number of anilines is 2. The monoisotopic (exact) mass is 1160 g/mol. The molecule has 10 N–H and O–H groups in total. The van der Waals surface area contributed by atoms with Gasteiger partial charge < -0.3 is 65.1 Å². The summed E-state index contributed by atoms with van der Waals surface area (Å²) in [6, 6.07) is 16.3. The van der Waals surface area contributed by atoms with Crippen LogP contribution in [0.2, 0.25) is 0 Å². The molecular formula is C48H60N10O18P3+. The first kappa shape index (κ1) is 57.3. The molecule has 79 heavy (non-hydrogen) atoms. The second-order valence-corrected chi connectivity index (χ2v) is 23.5. The molecule has 0 spiro atoms. The number of aliphatic hydroxyl groups excluding tert-OH is 1. The number of nitrogens with two attached hydrogens (primary N) is 1. The number of phosphoric ester groups is 1. The number of rotatable bonds is 20. The predicted octanol–water partition coefficient (Wildman–Crippen LogP) is 1.65. The lowest BCUT2D eigenvalue weighted by atomic mass is 9.86. The highest BCUT2D eigenvalue weighted by molar-refractivity contribution is 7.66. The van der Waals surface area contributed by atoms with Gasteiger partial charge in [-0.15, -0.1) is 0 Å². The molecule has 6 atom stereocenters. The van der Waals surface area contributed by atoms with E-state index in [9.17, 15) is 47.8 Å². The maximum absolute atomic E-state index is 14.5. The first-order chi connectivity index (χ1) is 37.5. The number of ether oxygens (including phenoxy) is 3. The Bertz CT molecular complexity index is 3560. The number of aliphatic hydroxyl groups is 1. The van der Waals surface area contributed by atoms with Gasteiger partial charge in [-0.05, 0) is 68.9 Å². The summed E-state index contributed by atoms with van der Waals surface area (Å²) < 4.78 is 69.1. The standard InChI is InChI=1S/C48H59N10O18P3/c1-4-56-19-8-11-27-21-31-35(23-33(27)56)72-36-24-34-28(12-9-20-57(34)5-2)22-32(36)39(31)29-13-6-7-14-30(29)45(62)55(3)18-10-15-38(59)50-16-17-51-48(63)74-42-37(25-71-78(67,68)76-79(69,70)75-77(64,65)66)73-46(41(42)60)58-26-52-40-43(58)53-47(49)54-44(40)61/h6-7,13-14,21-24,26,37,41-42,46,60H,4-5,8-12,15-20,25H2,1-3H3,(H8-,49,50,51,53,54,59,61,63,64,65,66,67,68,69,70)/p+1/t37-,41-,42-,46-/m1/s1. The van der Waals surface area contributed by atoms with Gasteiger partial charge in [0.05, 0.1) is 19.0 Å². The van der Waals surface area contributed by atoms with Crippen molar-refractivity contribution in [2.24, 2.45) is 0 Å². The van der Waals surface area contributed by atoms with E-state index in [1.807, 2.05) is 24.3 Å². The molecule has 424 valence electrons. The number of hydrogen-bond acceptors (Lipinski definition) is 18. The maximum Gasteiger partial charge on any atom is 0.490 e. The van der Waals surface area contributed by atoms with Crippen LogP contribution < -0.4 is 46.7 Å². The summed E-state index contributed by atoms with van der Waals surface area (Å²) in [4.78, 5) is 105. The number of nitrogens with zero attached hydrogens (tertiary/aromatic N) is 6. The van der Waals surface area contributed by atoms with Gasteiger partial charge in [0.15, 0.2) is 23.5 Å². The molecule has 31 heteroatoms. The first-order valence-corrected chi connectivity index (χ1v) is 29.8. The van der Waals surface area contributed by atoms with E-state index in [0.29, 0.717) is 5.56 Å². The highest BCUT2D eigenvalue weighted by atomic mass is 31.3. The van der Waals surface area contributed by atoms with Crippen LogP contribution in [0.5, 0.6) is 11.5 Å². The smallest absolute Gasteiger partial charge is 0.456 e. The SMILES string of the molecule is CCN1CCCc2cc3c(cc21)Oc1cc2c(cc1=C3c1ccccc1C(=O)N(C)CCCC(=O)NCCNC(=O)O[C@H]1[C@@H](O)[C@H](n3cnc4c(=O)[nH]c(N)nc43)O[C@@H]1COP(=O)(O)OP(=O)(O)OP(=O)(O)O)CCC[N+]=2CC. The molecule has 5 aromatic rings. The molecule has 1 saturated heterocycles. The Morgan fingerprint density at radius 2 is 1.72 bits per heavy atom. The molecule has 2 unspecified atom stereocenters. The van der Waals surface area contributed by atoms with E-state index in [1.165, 1.54) is 11.1 Å². The molecule has 0 radical (unpaired) electrons. The van der Waals surface area contributed by atoms with Gasteiger partial charge in [0, 0.05) is 91.8 Å². The third kappa shape index (κ3) is 12.8. The molecule has 4 aliphatic rings. The minimum Gasteiger partial charge on any atom is -0.456 e. The number of benzene rings is 3. The summed E-state index contributed by atoms with van der Waals surface area (Å²) in [6.45, 7) is 6.71. The number of aromatic amines is 1. The predicted molar refractivity (Wildman–Crippen MR) is 281 cm³/mol. The molecule has 9 rings (SSSR count). The molecule has 0 saturated carbocycles. The number of nitrogens with one attached hydrogen (secondary N) is 3.